The monoisotopic (exact) mass is 318 g/mol. The molecule has 0 fully saturated rings. The normalized spacial score (nSPS) is 12.8. The molecule has 0 aliphatic heterocycles. The highest BCUT2D eigenvalue weighted by atomic mass is 79.9. The van der Waals surface area contributed by atoms with Crippen LogP contribution in [0.5, 0.6) is 5.75 Å². The van der Waals surface area contributed by atoms with Crippen molar-refractivity contribution in [3.8, 4) is 11.8 Å². The zero-order valence-electron chi connectivity index (χ0n) is 9.05. The number of primary sulfonamides is 1. The number of nitriles is 1. The predicted octanol–water partition coefficient (Wildman–Crippen LogP) is 1.78. The minimum atomic E-state index is -3.88. The fourth-order valence-corrected chi connectivity index (χ4v) is 2.36. The van der Waals surface area contributed by atoms with E-state index in [1.807, 2.05) is 6.07 Å². The molecule has 92 valence electrons. The smallest absolute Gasteiger partial charge is 0.241 e. The Labute approximate surface area is 108 Å². The van der Waals surface area contributed by atoms with Crippen LogP contribution in [0, 0.1) is 11.3 Å². The molecule has 7 heteroatoms. The summed E-state index contributed by atoms with van der Waals surface area (Å²) in [7, 11) is -3.88. The number of hydrogen-bond donors (Lipinski definition) is 1. The summed E-state index contributed by atoms with van der Waals surface area (Å²) in [5, 5.41) is 13.8. The second-order valence-corrected chi connectivity index (χ2v) is 5.73. The van der Waals surface area contributed by atoms with Crippen LogP contribution in [-0.4, -0.2) is 14.5 Å². The van der Waals surface area contributed by atoms with E-state index >= 15 is 0 Å². The topological polar surface area (TPSA) is 93.2 Å². The first kappa shape index (κ1) is 14.0. The highest BCUT2D eigenvalue weighted by Gasteiger charge is 2.18. The van der Waals surface area contributed by atoms with E-state index in [-0.39, 0.29) is 10.6 Å². The average Bonchev–Trinajstić information content (AvgIpc) is 2.26. The molecule has 0 aliphatic rings. The molecule has 1 rings (SSSR count). The van der Waals surface area contributed by atoms with Crippen LogP contribution >= 0.6 is 15.9 Å². The molecule has 0 saturated carbocycles. The summed E-state index contributed by atoms with van der Waals surface area (Å²) >= 11 is 3.15. The van der Waals surface area contributed by atoms with Crippen LogP contribution in [0.3, 0.4) is 0 Å². The SMILES string of the molecule is CCC(C#N)Oc1ccc(Br)cc1S(N)(=O)=O. The summed E-state index contributed by atoms with van der Waals surface area (Å²) in [5.41, 5.74) is 0. The third-order valence-corrected chi connectivity index (χ3v) is 3.42. The molecule has 1 atom stereocenters. The van der Waals surface area contributed by atoms with Crippen molar-refractivity contribution < 1.29 is 13.2 Å². The molecule has 0 bridgehead atoms. The van der Waals surface area contributed by atoms with Gasteiger partial charge in [-0.3, -0.25) is 0 Å². The molecule has 2 N–H and O–H groups in total. The van der Waals surface area contributed by atoms with Crippen molar-refractivity contribution in [2.45, 2.75) is 24.3 Å². The molecule has 0 aromatic heterocycles. The average molecular weight is 319 g/mol. The van der Waals surface area contributed by atoms with Crippen molar-refractivity contribution in [1.29, 1.82) is 5.26 Å². The van der Waals surface area contributed by atoms with Crippen molar-refractivity contribution in [2.24, 2.45) is 5.14 Å². The Kier molecular flexibility index (Phi) is 4.51. The molecule has 0 aliphatic carbocycles. The lowest BCUT2D eigenvalue weighted by molar-refractivity contribution is 0.245. The molecule has 0 saturated heterocycles. The molecule has 0 heterocycles. The molecule has 1 aromatic rings. The Morgan fingerprint density at radius 1 is 1.59 bits per heavy atom. The quantitative estimate of drug-likeness (QED) is 0.915. The van der Waals surface area contributed by atoms with E-state index < -0.39 is 16.1 Å². The number of ether oxygens (including phenoxy) is 1. The number of nitrogens with two attached hydrogens (primary N) is 1. The van der Waals surface area contributed by atoms with Gasteiger partial charge in [0.15, 0.2) is 6.10 Å². The highest BCUT2D eigenvalue weighted by Crippen LogP contribution is 2.27. The van der Waals surface area contributed by atoms with Crippen LogP contribution in [0.15, 0.2) is 27.6 Å². The van der Waals surface area contributed by atoms with Gasteiger partial charge in [-0.1, -0.05) is 22.9 Å². The van der Waals surface area contributed by atoms with E-state index in [2.05, 4.69) is 15.9 Å². The maximum Gasteiger partial charge on any atom is 0.241 e. The van der Waals surface area contributed by atoms with E-state index in [1.54, 1.807) is 13.0 Å². The van der Waals surface area contributed by atoms with Gasteiger partial charge >= 0.3 is 0 Å². The largest absolute Gasteiger partial charge is 0.474 e. The van der Waals surface area contributed by atoms with Crippen LogP contribution < -0.4 is 9.88 Å². The van der Waals surface area contributed by atoms with Gasteiger partial charge in [-0.25, -0.2) is 13.6 Å². The zero-order chi connectivity index (χ0) is 13.1. The molecular formula is C10H11BrN2O3S. The molecule has 0 amide bonds. The van der Waals surface area contributed by atoms with Crippen molar-refractivity contribution in [2.75, 3.05) is 0 Å². The van der Waals surface area contributed by atoms with E-state index in [0.717, 1.165) is 0 Å². The van der Waals surface area contributed by atoms with Gasteiger partial charge in [0.05, 0.1) is 0 Å². The van der Waals surface area contributed by atoms with Crippen LogP contribution in [0.2, 0.25) is 0 Å². The molecule has 5 nitrogen and oxygen atoms in total. The van der Waals surface area contributed by atoms with E-state index in [4.69, 9.17) is 15.1 Å². The summed E-state index contributed by atoms with van der Waals surface area (Å²) in [6.07, 6.45) is -0.243. The standard InChI is InChI=1S/C10H11BrN2O3S/c1-2-8(6-12)16-9-4-3-7(11)5-10(9)17(13,14)15/h3-5,8H,2H2,1H3,(H2,13,14,15). The lowest BCUT2D eigenvalue weighted by atomic mass is 10.3. The molecule has 0 spiro atoms. The van der Waals surface area contributed by atoms with Gasteiger partial charge < -0.3 is 4.74 Å². The maximum absolute atomic E-state index is 11.4. The Morgan fingerprint density at radius 3 is 2.71 bits per heavy atom. The molecule has 0 radical (unpaired) electrons. The Bertz CT molecular complexity index is 551. The van der Waals surface area contributed by atoms with E-state index in [9.17, 15) is 8.42 Å². The van der Waals surface area contributed by atoms with Crippen molar-refractivity contribution in [3.63, 3.8) is 0 Å². The first-order chi connectivity index (χ1) is 7.88. The summed E-state index contributed by atoms with van der Waals surface area (Å²) in [6, 6.07) is 6.35. The first-order valence-corrected chi connectivity index (χ1v) is 7.11. The fraction of sp³-hybridized carbons (Fsp3) is 0.300. The minimum absolute atomic E-state index is 0.0871. The van der Waals surface area contributed by atoms with Gasteiger partial charge in [0.1, 0.15) is 16.7 Å². The van der Waals surface area contributed by atoms with Crippen LogP contribution in [0.1, 0.15) is 13.3 Å². The maximum atomic E-state index is 11.4. The predicted molar refractivity (Wildman–Crippen MR) is 65.8 cm³/mol. The molecule has 1 unspecified atom stereocenters. The van der Waals surface area contributed by atoms with Gasteiger partial charge in [0.25, 0.3) is 0 Å². The summed E-state index contributed by atoms with van der Waals surface area (Å²) in [5.74, 6) is 0.0871. The van der Waals surface area contributed by atoms with Crippen LogP contribution in [0.25, 0.3) is 0 Å². The van der Waals surface area contributed by atoms with Crippen LogP contribution in [-0.2, 0) is 10.0 Å². The summed E-state index contributed by atoms with van der Waals surface area (Å²) < 4.78 is 28.6. The Morgan fingerprint density at radius 2 is 2.24 bits per heavy atom. The Balaban J connectivity index is 3.21. The third kappa shape index (κ3) is 3.70. The number of sulfonamides is 1. The minimum Gasteiger partial charge on any atom is -0.474 e. The van der Waals surface area contributed by atoms with E-state index in [0.29, 0.717) is 10.9 Å². The molecule has 1 aromatic carbocycles. The highest BCUT2D eigenvalue weighted by molar-refractivity contribution is 9.10. The zero-order valence-corrected chi connectivity index (χ0v) is 11.5. The van der Waals surface area contributed by atoms with Gasteiger partial charge in [0.2, 0.25) is 10.0 Å². The van der Waals surface area contributed by atoms with Crippen LogP contribution in [0.4, 0.5) is 0 Å². The molecule has 17 heavy (non-hydrogen) atoms. The lowest BCUT2D eigenvalue weighted by Crippen LogP contribution is -2.18. The first-order valence-electron chi connectivity index (χ1n) is 4.77. The summed E-state index contributed by atoms with van der Waals surface area (Å²) in [4.78, 5) is -0.138. The second-order valence-electron chi connectivity index (χ2n) is 3.28. The lowest BCUT2D eigenvalue weighted by Gasteiger charge is -2.13. The van der Waals surface area contributed by atoms with E-state index in [1.165, 1.54) is 12.1 Å². The second kappa shape index (κ2) is 5.49. The number of hydrogen-bond acceptors (Lipinski definition) is 4. The number of halogens is 1. The number of benzene rings is 1. The van der Waals surface area contributed by atoms with Crippen molar-refractivity contribution in [3.05, 3.63) is 22.7 Å². The van der Waals surface area contributed by atoms with Gasteiger partial charge in [-0.05, 0) is 24.6 Å². The van der Waals surface area contributed by atoms with Gasteiger partial charge in [-0.15, -0.1) is 0 Å². The fourth-order valence-electron chi connectivity index (χ4n) is 1.16. The van der Waals surface area contributed by atoms with Crippen molar-refractivity contribution >= 4 is 26.0 Å². The van der Waals surface area contributed by atoms with Crippen molar-refractivity contribution in [1.82, 2.24) is 0 Å². The van der Waals surface area contributed by atoms with Gasteiger partial charge in [-0.2, -0.15) is 5.26 Å². The molecular weight excluding hydrogens is 308 g/mol. The number of rotatable bonds is 4. The Hall–Kier alpha value is -1.10. The third-order valence-electron chi connectivity index (χ3n) is 2.00. The summed E-state index contributed by atoms with van der Waals surface area (Å²) in [6.45, 7) is 1.77. The van der Waals surface area contributed by atoms with Gasteiger partial charge in [0, 0.05) is 4.47 Å². The number of nitrogens with zero attached hydrogens (tertiary/aromatic N) is 1.